The van der Waals surface area contributed by atoms with Gasteiger partial charge >= 0.3 is 0 Å². The van der Waals surface area contributed by atoms with Crippen LogP contribution in [0.15, 0.2) is 35.2 Å². The van der Waals surface area contributed by atoms with Crippen LogP contribution in [0, 0.1) is 25.2 Å². The van der Waals surface area contributed by atoms with E-state index in [1.807, 2.05) is 26.0 Å². The van der Waals surface area contributed by atoms with Gasteiger partial charge in [-0.25, -0.2) is 8.42 Å². The Hall–Kier alpha value is -2.63. The zero-order valence-corrected chi connectivity index (χ0v) is 15.5. The fourth-order valence-electron chi connectivity index (χ4n) is 3.17. The molecule has 2 heterocycles. The Morgan fingerprint density at radius 2 is 1.81 bits per heavy atom. The quantitative estimate of drug-likeness (QED) is 0.886. The summed E-state index contributed by atoms with van der Waals surface area (Å²) >= 11 is 0. The number of nitriles is 1. The van der Waals surface area contributed by atoms with E-state index in [0.717, 1.165) is 11.4 Å². The summed E-state index contributed by atoms with van der Waals surface area (Å²) in [4.78, 5) is 17.4. The van der Waals surface area contributed by atoms with E-state index in [2.05, 4.69) is 4.98 Å². The molecular weight excluding hydrogens is 352 g/mol. The van der Waals surface area contributed by atoms with Crippen LogP contribution in [0.5, 0.6) is 0 Å². The number of carbonyl (C=O) groups excluding carboxylic acids is 1. The lowest BCUT2D eigenvalue weighted by Gasteiger charge is -2.34. The molecule has 1 aromatic carbocycles. The van der Waals surface area contributed by atoms with Crippen LogP contribution in [0.3, 0.4) is 0 Å². The number of benzene rings is 1. The van der Waals surface area contributed by atoms with Gasteiger partial charge in [0.25, 0.3) is 5.91 Å². The number of aromatic nitrogens is 1. The van der Waals surface area contributed by atoms with Crippen LogP contribution >= 0.6 is 0 Å². The van der Waals surface area contributed by atoms with Crippen molar-refractivity contribution in [1.82, 2.24) is 14.2 Å². The smallest absolute Gasteiger partial charge is 0.255 e. The Morgan fingerprint density at radius 3 is 2.38 bits per heavy atom. The van der Waals surface area contributed by atoms with Crippen LogP contribution in [0.1, 0.15) is 27.3 Å². The lowest BCUT2D eigenvalue weighted by Crippen LogP contribution is -2.50. The van der Waals surface area contributed by atoms with E-state index in [0.29, 0.717) is 18.7 Å². The third-order valence-electron chi connectivity index (χ3n) is 4.53. The molecule has 0 radical (unpaired) electrons. The molecule has 26 heavy (non-hydrogen) atoms. The van der Waals surface area contributed by atoms with Crippen molar-refractivity contribution in [1.29, 1.82) is 5.26 Å². The molecule has 2 aromatic rings. The summed E-state index contributed by atoms with van der Waals surface area (Å²) < 4.78 is 27.0. The van der Waals surface area contributed by atoms with E-state index >= 15 is 0 Å². The molecule has 1 aliphatic heterocycles. The zero-order chi connectivity index (χ0) is 18.9. The summed E-state index contributed by atoms with van der Waals surface area (Å²) in [6, 6.07) is 9.90. The first kappa shape index (κ1) is 18.2. The molecule has 136 valence electrons. The Morgan fingerprint density at radius 1 is 1.15 bits per heavy atom. The highest BCUT2D eigenvalue weighted by atomic mass is 32.2. The maximum absolute atomic E-state index is 12.8. The van der Waals surface area contributed by atoms with Gasteiger partial charge in [-0.15, -0.1) is 0 Å². The second kappa shape index (κ2) is 6.94. The molecule has 0 bridgehead atoms. The standard InChI is InChI=1S/C18H20N4O3S/c1-13-11-16(14(2)20-13)18(23)21-7-9-22(10-8-21)26(24,25)17-6-4-3-5-15(17)12-19/h3-6,11,20H,7-10H2,1-2H3. The summed E-state index contributed by atoms with van der Waals surface area (Å²) in [6.45, 7) is 4.78. The van der Waals surface area contributed by atoms with Gasteiger partial charge in [-0.2, -0.15) is 9.57 Å². The molecule has 1 aromatic heterocycles. The minimum Gasteiger partial charge on any atom is -0.362 e. The Labute approximate surface area is 152 Å². The lowest BCUT2D eigenvalue weighted by atomic mass is 10.2. The number of hydrogen-bond donors (Lipinski definition) is 1. The molecule has 3 rings (SSSR count). The zero-order valence-electron chi connectivity index (χ0n) is 14.7. The van der Waals surface area contributed by atoms with Crippen molar-refractivity contribution < 1.29 is 13.2 Å². The number of nitrogens with one attached hydrogen (secondary N) is 1. The molecule has 0 spiro atoms. The van der Waals surface area contributed by atoms with Crippen molar-refractivity contribution in [3.05, 3.63) is 52.8 Å². The van der Waals surface area contributed by atoms with Gasteiger partial charge in [-0.05, 0) is 32.0 Å². The van der Waals surface area contributed by atoms with Gasteiger partial charge in [-0.3, -0.25) is 4.79 Å². The van der Waals surface area contributed by atoms with Gasteiger partial charge in [0, 0.05) is 37.6 Å². The highest BCUT2D eigenvalue weighted by Gasteiger charge is 2.32. The molecule has 8 heteroatoms. The molecule has 1 amide bonds. The predicted octanol–water partition coefficient (Wildman–Crippen LogP) is 1.65. The second-order valence-electron chi connectivity index (χ2n) is 6.30. The normalized spacial score (nSPS) is 15.7. The lowest BCUT2D eigenvalue weighted by molar-refractivity contribution is 0.0697. The Bertz CT molecular complexity index is 980. The summed E-state index contributed by atoms with van der Waals surface area (Å²) in [5, 5.41) is 9.16. The highest BCUT2D eigenvalue weighted by molar-refractivity contribution is 7.89. The van der Waals surface area contributed by atoms with Crippen LogP contribution < -0.4 is 0 Å². The maximum Gasteiger partial charge on any atom is 0.255 e. The van der Waals surface area contributed by atoms with Crippen molar-refractivity contribution in [2.75, 3.05) is 26.2 Å². The average molecular weight is 372 g/mol. The third kappa shape index (κ3) is 3.23. The largest absolute Gasteiger partial charge is 0.362 e. The number of H-pyrrole nitrogens is 1. The first-order chi connectivity index (χ1) is 12.3. The molecule has 1 N–H and O–H groups in total. The Kier molecular flexibility index (Phi) is 4.85. The number of piperazine rings is 1. The van der Waals surface area contributed by atoms with E-state index in [1.165, 1.54) is 16.4 Å². The average Bonchev–Trinajstić information content (AvgIpc) is 2.99. The number of aryl methyl sites for hydroxylation is 2. The second-order valence-corrected chi connectivity index (χ2v) is 8.20. The molecule has 1 aliphatic rings. The van der Waals surface area contributed by atoms with Crippen molar-refractivity contribution in [3.63, 3.8) is 0 Å². The number of carbonyl (C=O) groups is 1. The van der Waals surface area contributed by atoms with Crippen LogP contribution in [-0.2, 0) is 10.0 Å². The van der Waals surface area contributed by atoms with Gasteiger partial charge in [0.1, 0.15) is 6.07 Å². The van der Waals surface area contributed by atoms with Gasteiger partial charge in [0.15, 0.2) is 0 Å². The van der Waals surface area contributed by atoms with E-state index in [1.54, 1.807) is 17.0 Å². The fourth-order valence-corrected chi connectivity index (χ4v) is 4.74. The van der Waals surface area contributed by atoms with Crippen LogP contribution in [0.25, 0.3) is 0 Å². The van der Waals surface area contributed by atoms with Crippen LogP contribution in [0.2, 0.25) is 0 Å². The van der Waals surface area contributed by atoms with Crippen LogP contribution in [0.4, 0.5) is 0 Å². The minimum absolute atomic E-state index is 0.0133. The van der Waals surface area contributed by atoms with E-state index in [4.69, 9.17) is 5.26 Å². The highest BCUT2D eigenvalue weighted by Crippen LogP contribution is 2.22. The molecule has 7 nitrogen and oxygen atoms in total. The number of sulfonamides is 1. The number of hydrogen-bond acceptors (Lipinski definition) is 4. The SMILES string of the molecule is Cc1cc(C(=O)N2CCN(S(=O)(=O)c3ccccc3C#N)CC2)c(C)[nH]1. The number of rotatable bonds is 3. The molecule has 0 atom stereocenters. The molecule has 0 unspecified atom stereocenters. The van der Waals surface area contributed by atoms with Gasteiger partial charge in [0.05, 0.1) is 16.0 Å². The van der Waals surface area contributed by atoms with Crippen LogP contribution in [-0.4, -0.2) is 54.7 Å². The van der Waals surface area contributed by atoms with Gasteiger partial charge in [0.2, 0.25) is 10.0 Å². The molecule has 0 saturated carbocycles. The predicted molar refractivity (Wildman–Crippen MR) is 96.1 cm³/mol. The van der Waals surface area contributed by atoms with E-state index < -0.39 is 10.0 Å². The summed E-state index contributed by atoms with van der Waals surface area (Å²) in [5.41, 5.74) is 2.48. The van der Waals surface area contributed by atoms with E-state index in [-0.39, 0.29) is 29.5 Å². The van der Waals surface area contributed by atoms with Crippen molar-refractivity contribution in [2.45, 2.75) is 18.7 Å². The molecule has 1 saturated heterocycles. The van der Waals surface area contributed by atoms with Gasteiger partial charge < -0.3 is 9.88 Å². The minimum atomic E-state index is -3.76. The first-order valence-corrected chi connectivity index (χ1v) is 9.73. The Balaban J connectivity index is 1.75. The number of aromatic amines is 1. The maximum atomic E-state index is 12.8. The van der Waals surface area contributed by atoms with Crippen molar-refractivity contribution in [2.24, 2.45) is 0 Å². The summed E-state index contributed by atoms with van der Waals surface area (Å²) in [5.74, 6) is -0.0960. The molecule has 0 aliphatic carbocycles. The molecule has 1 fully saturated rings. The summed E-state index contributed by atoms with van der Waals surface area (Å²) in [7, 11) is -3.76. The number of nitrogens with zero attached hydrogens (tertiary/aromatic N) is 3. The fraction of sp³-hybridized carbons (Fsp3) is 0.333. The third-order valence-corrected chi connectivity index (χ3v) is 6.49. The van der Waals surface area contributed by atoms with Gasteiger partial charge in [-0.1, -0.05) is 12.1 Å². The van der Waals surface area contributed by atoms with Crippen molar-refractivity contribution in [3.8, 4) is 6.07 Å². The first-order valence-electron chi connectivity index (χ1n) is 8.29. The summed E-state index contributed by atoms with van der Waals surface area (Å²) in [6.07, 6.45) is 0. The number of amides is 1. The topological polar surface area (TPSA) is 97.3 Å². The monoisotopic (exact) mass is 372 g/mol. The van der Waals surface area contributed by atoms with E-state index in [9.17, 15) is 13.2 Å². The van der Waals surface area contributed by atoms with Crippen molar-refractivity contribution >= 4 is 15.9 Å². The molecular formula is C18H20N4O3S.